The van der Waals surface area contributed by atoms with Gasteiger partial charge in [0.2, 0.25) is 0 Å². The molecule has 0 aromatic carbocycles. The van der Waals surface area contributed by atoms with Crippen LogP contribution in [0, 0.1) is 0 Å². The number of rotatable bonds is 4. The number of carbonyl (C=O) groups excluding carboxylic acids is 1. The summed E-state index contributed by atoms with van der Waals surface area (Å²) < 4.78 is 13.2. The van der Waals surface area contributed by atoms with Crippen LogP contribution >= 0.6 is 0 Å². The van der Waals surface area contributed by atoms with Gasteiger partial charge in [0, 0.05) is 0 Å². The number of amides is 1. The standard InChI is InChI=1S/C7H14FNO/c1-3-5-7(8,4-2)6(9)10/h3-5H2,1-2H3,(H2,9,10). The summed E-state index contributed by atoms with van der Waals surface area (Å²) in [6, 6.07) is 0. The van der Waals surface area contributed by atoms with Gasteiger partial charge in [-0.3, -0.25) is 4.79 Å². The smallest absolute Gasteiger partial charge is 0.255 e. The van der Waals surface area contributed by atoms with Gasteiger partial charge in [0.15, 0.2) is 5.67 Å². The second-order valence-electron chi connectivity index (χ2n) is 2.43. The van der Waals surface area contributed by atoms with Crippen LogP contribution in [-0.4, -0.2) is 11.6 Å². The molecule has 0 aromatic rings. The first-order chi connectivity index (χ1) is 4.56. The molecule has 1 atom stereocenters. The van der Waals surface area contributed by atoms with Crippen molar-refractivity contribution in [2.75, 3.05) is 0 Å². The van der Waals surface area contributed by atoms with Crippen LogP contribution in [0.4, 0.5) is 4.39 Å². The second-order valence-corrected chi connectivity index (χ2v) is 2.43. The number of halogens is 1. The quantitative estimate of drug-likeness (QED) is 0.641. The van der Waals surface area contributed by atoms with Crippen molar-refractivity contribution in [2.24, 2.45) is 5.73 Å². The van der Waals surface area contributed by atoms with Crippen LogP contribution in [0.1, 0.15) is 33.1 Å². The third kappa shape index (κ3) is 1.97. The molecule has 0 aromatic heterocycles. The summed E-state index contributed by atoms with van der Waals surface area (Å²) in [5, 5.41) is 0. The molecule has 0 heterocycles. The van der Waals surface area contributed by atoms with Gasteiger partial charge in [-0.2, -0.15) is 0 Å². The molecular weight excluding hydrogens is 133 g/mol. The summed E-state index contributed by atoms with van der Waals surface area (Å²) in [5.41, 5.74) is 3.08. The van der Waals surface area contributed by atoms with Crippen molar-refractivity contribution in [1.29, 1.82) is 0 Å². The van der Waals surface area contributed by atoms with E-state index in [4.69, 9.17) is 5.73 Å². The Morgan fingerprint density at radius 1 is 1.60 bits per heavy atom. The fourth-order valence-electron chi connectivity index (χ4n) is 0.870. The lowest BCUT2D eigenvalue weighted by Gasteiger charge is -2.18. The summed E-state index contributed by atoms with van der Waals surface area (Å²) in [6.07, 6.45) is 1.06. The predicted molar refractivity (Wildman–Crippen MR) is 38.2 cm³/mol. The summed E-state index contributed by atoms with van der Waals surface area (Å²) >= 11 is 0. The third-order valence-corrected chi connectivity index (χ3v) is 1.65. The molecule has 0 aliphatic carbocycles. The third-order valence-electron chi connectivity index (χ3n) is 1.65. The van der Waals surface area contributed by atoms with Gasteiger partial charge in [0.1, 0.15) is 0 Å². The number of alkyl halides is 1. The molecule has 1 unspecified atom stereocenters. The van der Waals surface area contributed by atoms with Crippen LogP contribution in [0.2, 0.25) is 0 Å². The molecule has 2 N–H and O–H groups in total. The van der Waals surface area contributed by atoms with Crippen LogP contribution in [-0.2, 0) is 4.79 Å². The minimum absolute atomic E-state index is 0.177. The van der Waals surface area contributed by atoms with Gasteiger partial charge in [-0.05, 0) is 12.8 Å². The van der Waals surface area contributed by atoms with E-state index in [-0.39, 0.29) is 12.8 Å². The first kappa shape index (κ1) is 9.40. The zero-order valence-corrected chi connectivity index (χ0v) is 6.48. The topological polar surface area (TPSA) is 43.1 Å². The average Bonchev–Trinajstić information content (AvgIpc) is 1.88. The minimum atomic E-state index is -1.77. The molecule has 0 aliphatic heterocycles. The number of primary amides is 1. The maximum absolute atomic E-state index is 13.2. The van der Waals surface area contributed by atoms with Crippen molar-refractivity contribution in [3.63, 3.8) is 0 Å². The van der Waals surface area contributed by atoms with Crippen LogP contribution < -0.4 is 5.73 Å². The van der Waals surface area contributed by atoms with E-state index in [1.54, 1.807) is 6.92 Å². The zero-order chi connectivity index (χ0) is 8.20. The molecule has 0 fully saturated rings. The van der Waals surface area contributed by atoms with Crippen molar-refractivity contribution in [2.45, 2.75) is 38.8 Å². The normalized spacial score (nSPS) is 16.3. The van der Waals surface area contributed by atoms with Gasteiger partial charge in [-0.15, -0.1) is 0 Å². The minimum Gasteiger partial charge on any atom is -0.367 e. The van der Waals surface area contributed by atoms with E-state index in [9.17, 15) is 9.18 Å². The summed E-state index contributed by atoms with van der Waals surface area (Å²) in [5.74, 6) is -0.836. The molecule has 0 rings (SSSR count). The van der Waals surface area contributed by atoms with E-state index in [1.165, 1.54) is 0 Å². The van der Waals surface area contributed by atoms with Crippen molar-refractivity contribution in [1.82, 2.24) is 0 Å². The molecule has 3 heteroatoms. The fraction of sp³-hybridized carbons (Fsp3) is 0.857. The lowest BCUT2D eigenvalue weighted by atomic mass is 9.97. The first-order valence-corrected chi connectivity index (χ1v) is 3.55. The SMILES string of the molecule is CCCC(F)(CC)C(N)=O. The molecule has 0 saturated carbocycles. The van der Waals surface area contributed by atoms with Crippen LogP contribution in [0.25, 0.3) is 0 Å². The number of hydrogen-bond donors (Lipinski definition) is 1. The molecule has 60 valence electrons. The fourth-order valence-corrected chi connectivity index (χ4v) is 0.870. The molecule has 0 radical (unpaired) electrons. The molecule has 0 bridgehead atoms. The average molecular weight is 147 g/mol. The van der Waals surface area contributed by atoms with E-state index in [2.05, 4.69) is 0 Å². The van der Waals surface area contributed by atoms with Gasteiger partial charge in [0.25, 0.3) is 5.91 Å². The Balaban J connectivity index is 4.08. The largest absolute Gasteiger partial charge is 0.367 e. The van der Waals surface area contributed by atoms with E-state index in [0.29, 0.717) is 6.42 Å². The Morgan fingerprint density at radius 3 is 2.20 bits per heavy atom. The monoisotopic (exact) mass is 147 g/mol. The Bertz CT molecular complexity index is 127. The van der Waals surface area contributed by atoms with E-state index < -0.39 is 11.6 Å². The molecule has 0 saturated heterocycles. The molecule has 0 spiro atoms. The Morgan fingerprint density at radius 2 is 2.10 bits per heavy atom. The van der Waals surface area contributed by atoms with Crippen LogP contribution in [0.5, 0.6) is 0 Å². The van der Waals surface area contributed by atoms with Crippen molar-refractivity contribution in [3.05, 3.63) is 0 Å². The highest BCUT2D eigenvalue weighted by Crippen LogP contribution is 2.21. The number of nitrogens with two attached hydrogens (primary N) is 1. The van der Waals surface area contributed by atoms with Gasteiger partial charge in [-0.1, -0.05) is 20.3 Å². The van der Waals surface area contributed by atoms with Crippen LogP contribution in [0.15, 0.2) is 0 Å². The highest BCUT2D eigenvalue weighted by Gasteiger charge is 2.32. The highest BCUT2D eigenvalue weighted by molar-refractivity contribution is 5.83. The molecular formula is C7H14FNO. The van der Waals surface area contributed by atoms with Crippen molar-refractivity contribution < 1.29 is 9.18 Å². The second kappa shape index (κ2) is 3.54. The van der Waals surface area contributed by atoms with Gasteiger partial charge >= 0.3 is 0 Å². The molecule has 10 heavy (non-hydrogen) atoms. The van der Waals surface area contributed by atoms with Crippen molar-refractivity contribution >= 4 is 5.91 Å². The zero-order valence-electron chi connectivity index (χ0n) is 6.48. The Hall–Kier alpha value is -0.600. The molecule has 2 nitrogen and oxygen atoms in total. The van der Waals surface area contributed by atoms with E-state index >= 15 is 0 Å². The maximum atomic E-state index is 13.2. The van der Waals surface area contributed by atoms with Gasteiger partial charge < -0.3 is 5.73 Å². The van der Waals surface area contributed by atoms with Gasteiger partial charge in [-0.25, -0.2) is 4.39 Å². The molecule has 1 amide bonds. The Labute approximate surface area is 60.6 Å². The van der Waals surface area contributed by atoms with E-state index in [1.807, 2.05) is 6.92 Å². The highest BCUT2D eigenvalue weighted by atomic mass is 19.1. The first-order valence-electron chi connectivity index (χ1n) is 3.55. The lowest BCUT2D eigenvalue weighted by Crippen LogP contribution is -2.38. The van der Waals surface area contributed by atoms with E-state index in [0.717, 1.165) is 0 Å². The Kier molecular flexibility index (Phi) is 3.33. The number of hydrogen-bond acceptors (Lipinski definition) is 1. The van der Waals surface area contributed by atoms with Gasteiger partial charge in [0.05, 0.1) is 0 Å². The molecule has 0 aliphatic rings. The summed E-state index contributed by atoms with van der Waals surface area (Å²) in [7, 11) is 0. The summed E-state index contributed by atoms with van der Waals surface area (Å²) in [6.45, 7) is 3.45. The number of carbonyl (C=O) groups is 1. The summed E-state index contributed by atoms with van der Waals surface area (Å²) in [4.78, 5) is 10.5. The maximum Gasteiger partial charge on any atom is 0.255 e. The van der Waals surface area contributed by atoms with Crippen molar-refractivity contribution in [3.8, 4) is 0 Å². The predicted octanol–water partition coefficient (Wildman–Crippen LogP) is 1.39. The lowest BCUT2D eigenvalue weighted by molar-refractivity contribution is -0.130. The van der Waals surface area contributed by atoms with Crippen LogP contribution in [0.3, 0.4) is 0 Å².